The lowest BCUT2D eigenvalue weighted by Gasteiger charge is -2.29. The molecule has 0 radical (unpaired) electrons. The van der Waals surface area contributed by atoms with Crippen LogP contribution in [0, 0.1) is 5.95 Å². The molecule has 1 atom stereocenters. The number of anilines is 2. The van der Waals surface area contributed by atoms with Gasteiger partial charge in [0, 0.05) is 11.6 Å². The van der Waals surface area contributed by atoms with Gasteiger partial charge in [-0.05, 0) is 19.4 Å². The van der Waals surface area contributed by atoms with Crippen LogP contribution in [0.25, 0.3) is 10.9 Å². The summed E-state index contributed by atoms with van der Waals surface area (Å²) in [7, 11) is 0. The first kappa shape index (κ1) is 15.4. The first-order valence-electron chi connectivity index (χ1n) is 6.96. The van der Waals surface area contributed by atoms with Crippen LogP contribution < -0.4 is 11.1 Å². The Balaban J connectivity index is 2.43. The Hall–Kier alpha value is -2.02. The average Bonchev–Trinajstić information content (AvgIpc) is 2.46. The van der Waals surface area contributed by atoms with Crippen LogP contribution in [0.4, 0.5) is 16.2 Å². The number of aliphatic hydroxyl groups is 1. The van der Waals surface area contributed by atoms with Crippen LogP contribution in [0.1, 0.15) is 33.1 Å². The summed E-state index contributed by atoms with van der Waals surface area (Å²) >= 11 is 0. The molecule has 0 aliphatic rings. The molecule has 0 fully saturated rings. The summed E-state index contributed by atoms with van der Waals surface area (Å²) in [6.45, 7) is 3.91. The Morgan fingerprint density at radius 3 is 2.86 bits per heavy atom. The second-order valence-corrected chi connectivity index (χ2v) is 5.38. The number of nitrogen functional groups attached to an aromatic ring is 1. The summed E-state index contributed by atoms with van der Waals surface area (Å²) in [5.74, 6) is -0.317. The molecule has 0 saturated heterocycles. The maximum absolute atomic E-state index is 13.7. The Morgan fingerprint density at radius 1 is 1.43 bits per heavy atom. The fourth-order valence-corrected chi connectivity index (χ4v) is 2.17. The molecule has 0 amide bonds. The van der Waals surface area contributed by atoms with E-state index in [1.54, 1.807) is 6.07 Å². The maximum Gasteiger partial charge on any atom is 0.239 e. The van der Waals surface area contributed by atoms with Crippen molar-refractivity contribution in [3.8, 4) is 0 Å². The monoisotopic (exact) mass is 293 g/mol. The number of aliphatic hydroxyl groups excluding tert-OH is 1. The highest BCUT2D eigenvalue weighted by molar-refractivity contribution is 5.89. The molecule has 0 saturated carbocycles. The largest absolute Gasteiger partial charge is 0.394 e. The lowest BCUT2D eigenvalue weighted by Crippen LogP contribution is -2.39. The first-order chi connectivity index (χ1) is 9.99. The van der Waals surface area contributed by atoms with Gasteiger partial charge in [0.2, 0.25) is 11.9 Å². The van der Waals surface area contributed by atoms with Crippen molar-refractivity contribution < 1.29 is 9.50 Å². The lowest BCUT2D eigenvalue weighted by atomic mass is 9.95. The van der Waals surface area contributed by atoms with Crippen molar-refractivity contribution >= 4 is 22.7 Å². The second kappa shape index (κ2) is 6.17. The Labute approximate surface area is 122 Å². The zero-order valence-electron chi connectivity index (χ0n) is 12.2. The number of hydrogen-bond donors (Lipinski definition) is 3. The summed E-state index contributed by atoms with van der Waals surface area (Å²) < 4.78 is 13.7. The summed E-state index contributed by atoms with van der Waals surface area (Å²) in [6, 6.07) is 1.62. The first-order valence-corrected chi connectivity index (χ1v) is 6.96. The number of pyridine rings is 1. The zero-order valence-corrected chi connectivity index (χ0v) is 12.2. The van der Waals surface area contributed by atoms with Gasteiger partial charge in [-0.25, -0.2) is 9.97 Å². The summed E-state index contributed by atoms with van der Waals surface area (Å²) in [5.41, 5.74) is 5.16. The standard InChI is InChI=1S/C14H20FN5O/c1-3-4-6-14(2,8-21)20-12-9-5-7-17-11(15)10(9)18-13(16)19-12/h5,7,21H,3-4,6,8H2,1-2H3,(H3,16,18,19,20)/t14-/m1/s1. The minimum Gasteiger partial charge on any atom is -0.394 e. The van der Waals surface area contributed by atoms with Gasteiger partial charge in [0.05, 0.1) is 12.1 Å². The van der Waals surface area contributed by atoms with E-state index in [-0.39, 0.29) is 18.1 Å². The van der Waals surface area contributed by atoms with Crippen LogP contribution in [-0.2, 0) is 0 Å². The highest BCUT2D eigenvalue weighted by Crippen LogP contribution is 2.26. The highest BCUT2D eigenvalue weighted by atomic mass is 19.1. The molecule has 0 bridgehead atoms. The average molecular weight is 293 g/mol. The lowest BCUT2D eigenvalue weighted by molar-refractivity contribution is 0.212. The number of nitrogens with zero attached hydrogens (tertiary/aromatic N) is 3. The van der Waals surface area contributed by atoms with Crippen LogP contribution >= 0.6 is 0 Å². The van der Waals surface area contributed by atoms with Gasteiger partial charge in [0.15, 0.2) is 0 Å². The summed E-state index contributed by atoms with van der Waals surface area (Å²) in [4.78, 5) is 11.6. The Kier molecular flexibility index (Phi) is 4.52. The summed E-state index contributed by atoms with van der Waals surface area (Å²) in [6.07, 6.45) is 4.09. The van der Waals surface area contributed by atoms with Gasteiger partial charge < -0.3 is 16.2 Å². The smallest absolute Gasteiger partial charge is 0.239 e. The van der Waals surface area contributed by atoms with E-state index in [0.29, 0.717) is 11.2 Å². The van der Waals surface area contributed by atoms with Crippen LogP contribution in [0.3, 0.4) is 0 Å². The fourth-order valence-electron chi connectivity index (χ4n) is 2.17. The molecule has 114 valence electrons. The van der Waals surface area contributed by atoms with Gasteiger partial charge in [-0.3, -0.25) is 0 Å². The minimum atomic E-state index is -0.691. The zero-order chi connectivity index (χ0) is 15.5. The van der Waals surface area contributed by atoms with Crippen molar-refractivity contribution in [3.63, 3.8) is 0 Å². The van der Waals surface area contributed by atoms with E-state index in [1.807, 2.05) is 6.92 Å². The number of rotatable bonds is 6. The minimum absolute atomic E-state index is 0.0346. The maximum atomic E-state index is 13.7. The number of aromatic nitrogens is 3. The van der Waals surface area contributed by atoms with Gasteiger partial charge in [-0.15, -0.1) is 0 Å². The molecule has 2 aromatic heterocycles. The summed E-state index contributed by atoms with van der Waals surface area (Å²) in [5, 5.41) is 13.3. The molecular weight excluding hydrogens is 273 g/mol. The van der Waals surface area contributed by atoms with Crippen molar-refractivity contribution in [2.24, 2.45) is 0 Å². The van der Waals surface area contributed by atoms with E-state index in [4.69, 9.17) is 5.73 Å². The topological polar surface area (TPSA) is 97.0 Å². The molecule has 0 aromatic carbocycles. The van der Waals surface area contributed by atoms with E-state index in [9.17, 15) is 9.50 Å². The third kappa shape index (κ3) is 3.36. The van der Waals surface area contributed by atoms with E-state index in [0.717, 1.165) is 19.3 Å². The number of fused-ring (bicyclic) bond motifs is 1. The third-order valence-corrected chi connectivity index (χ3v) is 3.44. The van der Waals surface area contributed by atoms with Gasteiger partial charge in [0.25, 0.3) is 0 Å². The Bertz CT molecular complexity index is 636. The van der Waals surface area contributed by atoms with Crippen molar-refractivity contribution in [1.82, 2.24) is 15.0 Å². The molecule has 0 aliphatic heterocycles. The molecule has 4 N–H and O–H groups in total. The SMILES string of the molecule is CCCC[C@](C)(CO)Nc1nc(N)nc2c(F)nccc12. The molecule has 0 spiro atoms. The second-order valence-electron chi connectivity index (χ2n) is 5.38. The predicted molar refractivity (Wildman–Crippen MR) is 80.3 cm³/mol. The van der Waals surface area contributed by atoms with Gasteiger partial charge in [-0.2, -0.15) is 9.37 Å². The number of nitrogens with one attached hydrogen (secondary N) is 1. The molecule has 6 nitrogen and oxygen atoms in total. The van der Waals surface area contributed by atoms with E-state index in [2.05, 4.69) is 27.2 Å². The third-order valence-electron chi connectivity index (χ3n) is 3.44. The van der Waals surface area contributed by atoms with Crippen LogP contribution in [0.15, 0.2) is 12.3 Å². The number of hydrogen-bond acceptors (Lipinski definition) is 6. The van der Waals surface area contributed by atoms with Crippen LogP contribution in [0.5, 0.6) is 0 Å². The number of nitrogens with two attached hydrogens (primary N) is 1. The molecule has 0 unspecified atom stereocenters. The quantitative estimate of drug-likeness (QED) is 0.706. The van der Waals surface area contributed by atoms with Crippen molar-refractivity contribution in [1.29, 1.82) is 0 Å². The highest BCUT2D eigenvalue weighted by Gasteiger charge is 2.24. The molecular formula is C14H20FN5O. The normalized spacial score (nSPS) is 14.1. The van der Waals surface area contributed by atoms with Gasteiger partial charge >= 0.3 is 0 Å². The van der Waals surface area contributed by atoms with Gasteiger partial charge in [0.1, 0.15) is 11.3 Å². The Morgan fingerprint density at radius 2 is 2.19 bits per heavy atom. The predicted octanol–water partition coefficient (Wildman–Crippen LogP) is 2.10. The van der Waals surface area contributed by atoms with Gasteiger partial charge in [-0.1, -0.05) is 19.8 Å². The number of unbranched alkanes of at least 4 members (excludes halogenated alkanes) is 1. The molecule has 2 aromatic rings. The molecule has 0 aliphatic carbocycles. The number of halogens is 1. The van der Waals surface area contributed by atoms with Crippen LogP contribution in [0.2, 0.25) is 0 Å². The fraction of sp³-hybridized carbons (Fsp3) is 0.500. The molecule has 2 rings (SSSR count). The van der Waals surface area contributed by atoms with Crippen molar-refractivity contribution in [3.05, 3.63) is 18.2 Å². The molecule has 2 heterocycles. The van der Waals surface area contributed by atoms with Crippen molar-refractivity contribution in [2.45, 2.75) is 38.6 Å². The molecule has 21 heavy (non-hydrogen) atoms. The van der Waals surface area contributed by atoms with E-state index in [1.165, 1.54) is 6.20 Å². The van der Waals surface area contributed by atoms with Crippen molar-refractivity contribution in [2.75, 3.05) is 17.7 Å². The molecule has 7 heteroatoms. The van der Waals surface area contributed by atoms with E-state index >= 15 is 0 Å². The van der Waals surface area contributed by atoms with Crippen LogP contribution in [-0.4, -0.2) is 32.2 Å². The van der Waals surface area contributed by atoms with E-state index < -0.39 is 11.5 Å².